The molecule has 1 saturated heterocycles. The number of amides is 1. The van der Waals surface area contributed by atoms with Crippen molar-refractivity contribution in [3.63, 3.8) is 0 Å². The first-order chi connectivity index (χ1) is 8.68. The summed E-state index contributed by atoms with van der Waals surface area (Å²) in [5.41, 5.74) is 0.985. The zero-order chi connectivity index (χ0) is 13.0. The Morgan fingerprint density at radius 2 is 2.00 bits per heavy atom. The molecule has 2 rings (SSSR count). The fourth-order valence-electron chi connectivity index (χ4n) is 1.90. The fourth-order valence-corrected chi connectivity index (χ4v) is 1.90. The molecule has 4 heteroatoms. The van der Waals surface area contributed by atoms with Gasteiger partial charge in [-0.3, -0.25) is 4.79 Å². The Bertz CT molecular complexity index is 465. The van der Waals surface area contributed by atoms with Crippen LogP contribution < -0.4 is 0 Å². The van der Waals surface area contributed by atoms with Crippen LogP contribution in [0.15, 0.2) is 29.8 Å². The normalized spacial score (nSPS) is 16.8. The van der Waals surface area contributed by atoms with Gasteiger partial charge in [-0.2, -0.15) is 0 Å². The SMILES string of the molecule is C/C(=C\c1ccccc1F)C(=O)N1CCOCC1. The number of benzene rings is 1. The Hall–Kier alpha value is -1.68. The molecule has 1 aromatic rings. The number of carbonyl (C=O) groups excluding carboxylic acids is 1. The maximum Gasteiger partial charge on any atom is 0.249 e. The van der Waals surface area contributed by atoms with Crippen LogP contribution in [0.25, 0.3) is 6.08 Å². The molecule has 96 valence electrons. The van der Waals surface area contributed by atoms with E-state index in [4.69, 9.17) is 4.74 Å². The predicted molar refractivity (Wildman–Crippen MR) is 67.5 cm³/mol. The van der Waals surface area contributed by atoms with Crippen molar-refractivity contribution in [2.24, 2.45) is 0 Å². The molecule has 0 aromatic heterocycles. The highest BCUT2D eigenvalue weighted by Gasteiger charge is 2.18. The van der Waals surface area contributed by atoms with E-state index < -0.39 is 0 Å². The van der Waals surface area contributed by atoms with Gasteiger partial charge in [-0.05, 0) is 19.1 Å². The summed E-state index contributed by atoms with van der Waals surface area (Å²) < 4.78 is 18.7. The molecule has 0 aliphatic carbocycles. The van der Waals surface area contributed by atoms with Crippen molar-refractivity contribution in [2.75, 3.05) is 26.3 Å². The van der Waals surface area contributed by atoms with Crippen LogP contribution in [0.2, 0.25) is 0 Å². The smallest absolute Gasteiger partial charge is 0.249 e. The molecule has 0 bridgehead atoms. The van der Waals surface area contributed by atoms with Gasteiger partial charge in [0.15, 0.2) is 0 Å². The largest absolute Gasteiger partial charge is 0.378 e. The van der Waals surface area contributed by atoms with Crippen molar-refractivity contribution < 1.29 is 13.9 Å². The number of halogens is 1. The summed E-state index contributed by atoms with van der Waals surface area (Å²) in [5.74, 6) is -0.367. The molecular weight excluding hydrogens is 233 g/mol. The zero-order valence-electron chi connectivity index (χ0n) is 10.4. The van der Waals surface area contributed by atoms with E-state index in [1.807, 2.05) is 0 Å². The molecule has 0 saturated carbocycles. The minimum absolute atomic E-state index is 0.0541. The van der Waals surface area contributed by atoms with E-state index in [9.17, 15) is 9.18 Å². The van der Waals surface area contributed by atoms with E-state index in [1.165, 1.54) is 6.07 Å². The molecule has 0 N–H and O–H groups in total. The molecule has 1 aliphatic heterocycles. The molecule has 0 spiro atoms. The third kappa shape index (κ3) is 2.96. The number of ether oxygens (including phenoxy) is 1. The van der Waals surface area contributed by atoms with Crippen LogP contribution in [0.1, 0.15) is 12.5 Å². The van der Waals surface area contributed by atoms with Crippen LogP contribution in [0.5, 0.6) is 0 Å². The molecule has 3 nitrogen and oxygen atoms in total. The van der Waals surface area contributed by atoms with Gasteiger partial charge >= 0.3 is 0 Å². The van der Waals surface area contributed by atoms with E-state index in [1.54, 1.807) is 36.1 Å². The van der Waals surface area contributed by atoms with E-state index in [-0.39, 0.29) is 11.7 Å². The van der Waals surface area contributed by atoms with Crippen molar-refractivity contribution in [3.8, 4) is 0 Å². The van der Waals surface area contributed by atoms with Crippen molar-refractivity contribution in [2.45, 2.75) is 6.92 Å². The molecule has 18 heavy (non-hydrogen) atoms. The van der Waals surface area contributed by atoms with E-state index >= 15 is 0 Å². The van der Waals surface area contributed by atoms with Crippen LogP contribution in [-0.2, 0) is 9.53 Å². The van der Waals surface area contributed by atoms with Gasteiger partial charge in [0.2, 0.25) is 5.91 Å². The lowest BCUT2D eigenvalue weighted by Crippen LogP contribution is -2.41. The lowest BCUT2D eigenvalue weighted by molar-refractivity contribution is -0.130. The molecular formula is C14H16FNO2. The molecule has 0 atom stereocenters. The molecule has 0 unspecified atom stereocenters. The standard InChI is InChI=1S/C14H16FNO2/c1-11(10-12-4-2-3-5-13(12)15)14(17)16-6-8-18-9-7-16/h2-5,10H,6-9H2,1H3/b11-10+. The maximum absolute atomic E-state index is 13.5. The third-order valence-corrected chi connectivity index (χ3v) is 2.91. The van der Waals surface area contributed by atoms with Gasteiger partial charge in [0.25, 0.3) is 0 Å². The molecule has 1 amide bonds. The van der Waals surface area contributed by atoms with Crippen molar-refractivity contribution in [1.82, 2.24) is 4.90 Å². The maximum atomic E-state index is 13.5. The van der Waals surface area contributed by atoms with Crippen molar-refractivity contribution in [1.29, 1.82) is 0 Å². The number of hydrogen-bond acceptors (Lipinski definition) is 2. The van der Waals surface area contributed by atoms with E-state index in [0.717, 1.165) is 0 Å². The Morgan fingerprint density at radius 1 is 1.33 bits per heavy atom. The second-order valence-corrected chi connectivity index (χ2v) is 4.25. The Kier molecular flexibility index (Phi) is 4.10. The summed E-state index contributed by atoms with van der Waals surface area (Å²) in [5, 5.41) is 0. The first-order valence-corrected chi connectivity index (χ1v) is 5.98. The number of carbonyl (C=O) groups is 1. The fraction of sp³-hybridized carbons (Fsp3) is 0.357. The number of morpholine rings is 1. The molecule has 1 fully saturated rings. The first kappa shape index (κ1) is 12.8. The third-order valence-electron chi connectivity index (χ3n) is 2.91. The summed E-state index contributed by atoms with van der Waals surface area (Å²) in [6.45, 7) is 4.05. The van der Waals surface area contributed by atoms with Crippen LogP contribution >= 0.6 is 0 Å². The molecule has 1 heterocycles. The molecule has 0 radical (unpaired) electrons. The van der Waals surface area contributed by atoms with Gasteiger partial charge in [0, 0.05) is 24.2 Å². The van der Waals surface area contributed by atoms with Gasteiger partial charge < -0.3 is 9.64 Å². The number of rotatable bonds is 2. The van der Waals surface area contributed by atoms with Crippen LogP contribution in [-0.4, -0.2) is 37.1 Å². The Balaban J connectivity index is 2.12. The summed E-state index contributed by atoms with van der Waals surface area (Å²) in [6, 6.07) is 6.43. The van der Waals surface area contributed by atoms with Gasteiger partial charge in [0.1, 0.15) is 5.82 Å². The van der Waals surface area contributed by atoms with E-state index in [0.29, 0.717) is 37.4 Å². The van der Waals surface area contributed by atoms with E-state index in [2.05, 4.69) is 0 Å². The minimum atomic E-state index is -0.313. The summed E-state index contributed by atoms with van der Waals surface area (Å²) >= 11 is 0. The van der Waals surface area contributed by atoms with Gasteiger partial charge in [-0.1, -0.05) is 18.2 Å². The lowest BCUT2D eigenvalue weighted by atomic mass is 10.1. The summed E-state index contributed by atoms with van der Waals surface area (Å²) in [4.78, 5) is 13.8. The highest BCUT2D eigenvalue weighted by atomic mass is 19.1. The first-order valence-electron chi connectivity index (χ1n) is 5.98. The minimum Gasteiger partial charge on any atom is -0.378 e. The number of nitrogens with zero attached hydrogens (tertiary/aromatic N) is 1. The average Bonchev–Trinajstić information content (AvgIpc) is 2.41. The van der Waals surface area contributed by atoms with Crippen molar-refractivity contribution >= 4 is 12.0 Å². The molecule has 1 aliphatic rings. The quantitative estimate of drug-likeness (QED) is 0.751. The van der Waals surface area contributed by atoms with Crippen molar-refractivity contribution in [3.05, 3.63) is 41.2 Å². The lowest BCUT2D eigenvalue weighted by Gasteiger charge is -2.27. The van der Waals surface area contributed by atoms with Gasteiger partial charge in [0.05, 0.1) is 13.2 Å². The topological polar surface area (TPSA) is 29.5 Å². The average molecular weight is 249 g/mol. The summed E-state index contributed by atoms with van der Waals surface area (Å²) in [7, 11) is 0. The van der Waals surface area contributed by atoms with Gasteiger partial charge in [-0.15, -0.1) is 0 Å². The zero-order valence-corrected chi connectivity index (χ0v) is 10.4. The predicted octanol–water partition coefficient (Wildman–Crippen LogP) is 2.09. The highest BCUT2D eigenvalue weighted by Crippen LogP contribution is 2.13. The Labute approximate surface area is 106 Å². The summed E-state index contributed by atoms with van der Waals surface area (Å²) in [6.07, 6.45) is 1.59. The van der Waals surface area contributed by atoms with Crippen LogP contribution in [0, 0.1) is 5.82 Å². The second-order valence-electron chi connectivity index (χ2n) is 4.25. The Morgan fingerprint density at radius 3 is 2.67 bits per heavy atom. The highest BCUT2D eigenvalue weighted by molar-refractivity contribution is 5.97. The monoisotopic (exact) mass is 249 g/mol. The van der Waals surface area contributed by atoms with Crippen LogP contribution in [0.4, 0.5) is 4.39 Å². The van der Waals surface area contributed by atoms with Crippen LogP contribution in [0.3, 0.4) is 0 Å². The molecule has 1 aromatic carbocycles. The van der Waals surface area contributed by atoms with Gasteiger partial charge in [-0.25, -0.2) is 4.39 Å². The number of hydrogen-bond donors (Lipinski definition) is 0. The second kappa shape index (κ2) is 5.78.